The van der Waals surface area contributed by atoms with E-state index in [1.54, 1.807) is 38.6 Å². The first-order chi connectivity index (χ1) is 24.0. The minimum absolute atomic E-state index is 0.122. The summed E-state index contributed by atoms with van der Waals surface area (Å²) in [5, 5.41) is 10.7. The van der Waals surface area contributed by atoms with E-state index in [0.717, 1.165) is 18.8 Å². The van der Waals surface area contributed by atoms with Crippen molar-refractivity contribution in [2.45, 2.75) is 76.0 Å². The van der Waals surface area contributed by atoms with Crippen molar-refractivity contribution in [3.8, 4) is 5.75 Å². The lowest BCUT2D eigenvalue weighted by atomic mass is 9.66. The maximum absolute atomic E-state index is 15.2. The second-order valence-corrected chi connectivity index (χ2v) is 16.0. The predicted octanol–water partition coefficient (Wildman–Crippen LogP) is 6.17. The lowest BCUT2D eigenvalue weighted by Crippen LogP contribution is -2.58. The van der Waals surface area contributed by atoms with Gasteiger partial charge in [0.05, 0.1) is 35.8 Å². The maximum atomic E-state index is 15.2. The van der Waals surface area contributed by atoms with Gasteiger partial charge in [0.1, 0.15) is 11.8 Å². The molecular formula is C40H54N4O5S. The van der Waals surface area contributed by atoms with Gasteiger partial charge in [-0.15, -0.1) is 24.9 Å². The summed E-state index contributed by atoms with van der Waals surface area (Å²) in [6.45, 7) is 22.5. The Morgan fingerprint density at radius 3 is 1.98 bits per heavy atom. The number of aliphatic hydroxyl groups is 1. The van der Waals surface area contributed by atoms with E-state index < -0.39 is 33.4 Å². The molecule has 1 spiro atoms. The summed E-state index contributed by atoms with van der Waals surface area (Å²) in [6, 6.07) is 13.9. The molecule has 0 saturated carbocycles. The molecule has 2 bridgehead atoms. The quantitative estimate of drug-likeness (QED) is 0.209. The van der Waals surface area contributed by atoms with Crippen LogP contribution in [0, 0.1) is 17.8 Å². The smallest absolute Gasteiger partial charge is 0.251 e. The highest BCUT2D eigenvalue weighted by molar-refractivity contribution is 8.02. The number of aliphatic hydroxyl groups excluding tert-OH is 1. The van der Waals surface area contributed by atoms with E-state index in [9.17, 15) is 14.7 Å². The van der Waals surface area contributed by atoms with Crippen molar-refractivity contribution in [3.63, 3.8) is 0 Å². The number of nitrogens with zero attached hydrogens (tertiary/aromatic N) is 4. The summed E-state index contributed by atoms with van der Waals surface area (Å²) >= 11 is 1.64. The minimum Gasteiger partial charge on any atom is -0.494 e. The van der Waals surface area contributed by atoms with Crippen LogP contribution in [0.5, 0.6) is 5.75 Å². The highest BCUT2D eigenvalue weighted by Crippen LogP contribution is 2.72. The fourth-order valence-electron chi connectivity index (χ4n) is 8.54. The van der Waals surface area contributed by atoms with Gasteiger partial charge in [-0.2, -0.15) is 0 Å². The van der Waals surface area contributed by atoms with Crippen molar-refractivity contribution in [2.75, 3.05) is 54.1 Å². The number of carbonyl (C=O) groups is 3. The fraction of sp³-hybridized carbons (Fsp3) is 0.525. The molecule has 2 unspecified atom stereocenters. The molecule has 3 aliphatic heterocycles. The number of hydrogen-bond donors (Lipinski definition) is 1. The summed E-state index contributed by atoms with van der Waals surface area (Å²) in [5.41, 5.74) is 2.48. The van der Waals surface area contributed by atoms with Gasteiger partial charge < -0.3 is 29.4 Å². The summed E-state index contributed by atoms with van der Waals surface area (Å²) in [6.07, 6.45) is 4.70. The molecule has 0 aliphatic carbocycles. The van der Waals surface area contributed by atoms with Crippen LogP contribution in [0.3, 0.4) is 0 Å². The van der Waals surface area contributed by atoms with E-state index in [2.05, 4.69) is 38.8 Å². The third kappa shape index (κ3) is 6.34. The highest BCUT2D eigenvalue weighted by atomic mass is 32.2. The van der Waals surface area contributed by atoms with Crippen LogP contribution in [-0.4, -0.2) is 88.7 Å². The first kappa shape index (κ1) is 37.5. The number of carbonyl (C=O) groups excluding carboxylic acids is 3. The fourth-order valence-corrected chi connectivity index (χ4v) is 10.9. The van der Waals surface area contributed by atoms with Crippen molar-refractivity contribution >= 4 is 46.5 Å². The van der Waals surface area contributed by atoms with Gasteiger partial charge in [0.15, 0.2) is 0 Å². The molecule has 270 valence electrons. The molecule has 0 aromatic heterocycles. The Hall–Kier alpha value is -3.76. The van der Waals surface area contributed by atoms with Crippen molar-refractivity contribution in [3.05, 3.63) is 73.8 Å². The first-order valence-corrected chi connectivity index (χ1v) is 18.8. The van der Waals surface area contributed by atoms with Gasteiger partial charge in [-0.1, -0.05) is 26.0 Å². The summed E-state index contributed by atoms with van der Waals surface area (Å²) in [5.74, 6) is -1.41. The Bertz CT molecular complexity index is 1560. The highest BCUT2D eigenvalue weighted by Gasteiger charge is 2.78. The van der Waals surface area contributed by atoms with Gasteiger partial charge in [-0.3, -0.25) is 14.4 Å². The molecular weight excluding hydrogens is 649 g/mol. The van der Waals surface area contributed by atoms with Crippen LogP contribution in [0.15, 0.2) is 73.8 Å². The maximum Gasteiger partial charge on any atom is 0.251 e. The van der Waals surface area contributed by atoms with Crippen LogP contribution in [0.1, 0.15) is 54.4 Å². The second-order valence-electron chi connectivity index (χ2n) is 14.1. The lowest BCUT2D eigenvalue weighted by molar-refractivity contribution is -0.143. The van der Waals surface area contributed by atoms with Crippen molar-refractivity contribution in [1.82, 2.24) is 4.90 Å². The van der Waals surface area contributed by atoms with Gasteiger partial charge in [0.2, 0.25) is 11.8 Å². The van der Waals surface area contributed by atoms with Crippen molar-refractivity contribution < 1.29 is 24.2 Å². The Labute approximate surface area is 302 Å². The van der Waals surface area contributed by atoms with E-state index in [-0.39, 0.29) is 43.3 Å². The molecule has 1 N–H and O–H groups in total. The Morgan fingerprint density at radius 1 is 0.940 bits per heavy atom. The van der Waals surface area contributed by atoms with E-state index in [1.165, 1.54) is 0 Å². The van der Waals surface area contributed by atoms with Crippen molar-refractivity contribution in [2.24, 2.45) is 17.8 Å². The number of fused-ring (bicyclic) bond motifs is 1. The normalized spacial score (nSPS) is 25.7. The number of benzene rings is 2. The molecule has 10 heteroatoms. The molecule has 2 aromatic rings. The third-order valence-corrected chi connectivity index (χ3v) is 12.9. The third-order valence-electron chi connectivity index (χ3n) is 10.9. The molecule has 50 heavy (non-hydrogen) atoms. The molecule has 5 rings (SSSR count). The lowest BCUT2D eigenvalue weighted by Gasteiger charge is -2.40. The zero-order chi connectivity index (χ0) is 36.4. The van der Waals surface area contributed by atoms with E-state index >= 15 is 4.79 Å². The van der Waals surface area contributed by atoms with E-state index in [1.807, 2.05) is 69.3 Å². The first-order valence-electron chi connectivity index (χ1n) is 18.0. The van der Waals surface area contributed by atoms with Gasteiger partial charge in [0, 0.05) is 48.0 Å². The number of rotatable bonds is 16. The zero-order valence-electron chi connectivity index (χ0n) is 30.5. The minimum atomic E-state index is -0.870. The molecule has 3 saturated heterocycles. The molecule has 0 radical (unpaired) electrons. The molecule has 2 aromatic carbocycles. The van der Waals surface area contributed by atoms with Crippen LogP contribution < -0.4 is 19.4 Å². The average Bonchev–Trinajstić information content (AvgIpc) is 3.68. The topological polar surface area (TPSA) is 93.6 Å². The SMILES string of the molecule is C=CCN(C(=O)C1N([C@@H](CO)C(C)C)C(=O)[C@@H]2[C@@H](C(=O)N(CC=C)c3ccc(OCC)cc3)[C@@]3(C)CCC12S3)c1ccc(N(CC)CC)cc1. The van der Waals surface area contributed by atoms with Crippen LogP contribution in [-0.2, 0) is 14.4 Å². The number of hydrogen-bond acceptors (Lipinski definition) is 7. The number of amides is 3. The average molecular weight is 703 g/mol. The molecule has 3 aliphatic rings. The molecule has 6 atom stereocenters. The molecule has 9 nitrogen and oxygen atoms in total. The molecule has 3 fully saturated rings. The molecule has 3 amide bonds. The second kappa shape index (κ2) is 15.2. The largest absolute Gasteiger partial charge is 0.494 e. The standard InChI is InChI=1S/C40H54N4O5S/c1-9-24-42(30-18-20-31(21-19-30)49-13-5)36(46)33-34-37(47)44(32(26-45)27(6)7)35(40(34)23-22-39(33,8)50-40)38(48)43(25-10-2)29-16-14-28(15-17-29)41(11-3)12-4/h9-10,14-21,27,32-35,45H,1-2,11-13,22-26H2,3-8H3/t32-,33-,34-,35?,39+,40?/m0/s1. The zero-order valence-corrected chi connectivity index (χ0v) is 31.3. The van der Waals surface area contributed by atoms with Gasteiger partial charge in [-0.25, -0.2) is 0 Å². The van der Waals surface area contributed by atoms with Gasteiger partial charge in [-0.05, 0) is 95.0 Å². The summed E-state index contributed by atoms with van der Waals surface area (Å²) in [7, 11) is 0. The van der Waals surface area contributed by atoms with Crippen LogP contribution in [0.4, 0.5) is 17.1 Å². The van der Waals surface area contributed by atoms with E-state index in [0.29, 0.717) is 36.6 Å². The number of likely N-dealkylation sites (tertiary alicyclic amines) is 1. The van der Waals surface area contributed by atoms with Crippen LogP contribution >= 0.6 is 11.8 Å². The number of anilines is 3. The summed E-state index contributed by atoms with van der Waals surface area (Å²) in [4.78, 5) is 52.4. The number of ether oxygens (including phenoxy) is 1. The van der Waals surface area contributed by atoms with E-state index in [4.69, 9.17) is 4.74 Å². The van der Waals surface area contributed by atoms with Crippen LogP contribution in [0.25, 0.3) is 0 Å². The van der Waals surface area contributed by atoms with Crippen molar-refractivity contribution in [1.29, 1.82) is 0 Å². The monoisotopic (exact) mass is 702 g/mol. The Balaban J connectivity index is 1.59. The molecule has 3 heterocycles. The van der Waals surface area contributed by atoms with Crippen LogP contribution in [0.2, 0.25) is 0 Å². The number of thioether (sulfide) groups is 1. The predicted molar refractivity (Wildman–Crippen MR) is 204 cm³/mol. The summed E-state index contributed by atoms with van der Waals surface area (Å²) < 4.78 is 4.23. The Morgan fingerprint density at radius 2 is 1.48 bits per heavy atom. The van der Waals surface area contributed by atoms with Gasteiger partial charge >= 0.3 is 0 Å². The Kier molecular flexibility index (Phi) is 11.4. The van der Waals surface area contributed by atoms with Gasteiger partial charge in [0.25, 0.3) is 5.91 Å².